The number of halogens is 1. The van der Waals surface area contributed by atoms with Gasteiger partial charge in [-0.25, -0.2) is 0 Å². The molecule has 2 rings (SSSR count). The van der Waals surface area contributed by atoms with Crippen molar-refractivity contribution in [1.29, 1.82) is 0 Å². The standard InChI is InChI=1S/C17H26BrN3O/c1-17(2,3)16(22)20-15-12-13(18)6-7-14(15)19-8-11-21-9-4-5-10-21/h6-7,12,19H,4-5,8-11H2,1-3H3,(H,20,22). The van der Waals surface area contributed by atoms with E-state index >= 15 is 0 Å². The molecule has 1 heterocycles. The molecule has 0 atom stereocenters. The minimum atomic E-state index is -0.408. The van der Waals surface area contributed by atoms with Crippen molar-refractivity contribution >= 4 is 33.2 Å². The van der Waals surface area contributed by atoms with E-state index in [1.54, 1.807) is 0 Å². The number of hydrogen-bond acceptors (Lipinski definition) is 3. The molecule has 122 valence electrons. The summed E-state index contributed by atoms with van der Waals surface area (Å²) in [4.78, 5) is 14.7. The molecule has 2 N–H and O–H groups in total. The average molecular weight is 368 g/mol. The van der Waals surface area contributed by atoms with Crippen LogP contribution in [0.3, 0.4) is 0 Å². The molecule has 1 amide bonds. The number of carbonyl (C=O) groups excluding carboxylic acids is 1. The summed E-state index contributed by atoms with van der Waals surface area (Å²) in [5.41, 5.74) is 1.39. The lowest BCUT2D eigenvalue weighted by Gasteiger charge is -2.21. The Labute approximate surface area is 141 Å². The Kier molecular flexibility index (Phi) is 5.87. The molecule has 1 aromatic rings. The quantitative estimate of drug-likeness (QED) is 0.828. The van der Waals surface area contributed by atoms with E-state index in [1.165, 1.54) is 25.9 Å². The van der Waals surface area contributed by atoms with Gasteiger partial charge >= 0.3 is 0 Å². The Morgan fingerprint density at radius 1 is 1.23 bits per heavy atom. The molecule has 1 aliphatic rings. The fourth-order valence-corrected chi connectivity index (χ4v) is 2.80. The van der Waals surface area contributed by atoms with E-state index in [9.17, 15) is 4.79 Å². The van der Waals surface area contributed by atoms with Crippen LogP contribution < -0.4 is 10.6 Å². The van der Waals surface area contributed by atoms with Gasteiger partial charge in [-0.2, -0.15) is 0 Å². The van der Waals surface area contributed by atoms with Crippen molar-refractivity contribution in [2.45, 2.75) is 33.6 Å². The molecule has 5 heteroatoms. The lowest BCUT2D eigenvalue weighted by Crippen LogP contribution is -2.29. The fourth-order valence-electron chi connectivity index (χ4n) is 2.44. The van der Waals surface area contributed by atoms with Crippen molar-refractivity contribution in [3.63, 3.8) is 0 Å². The second-order valence-electron chi connectivity index (χ2n) is 6.87. The lowest BCUT2D eigenvalue weighted by molar-refractivity contribution is -0.123. The van der Waals surface area contributed by atoms with Gasteiger partial charge < -0.3 is 15.5 Å². The number of amides is 1. The zero-order valence-corrected chi connectivity index (χ0v) is 15.3. The fraction of sp³-hybridized carbons (Fsp3) is 0.588. The van der Waals surface area contributed by atoms with Crippen molar-refractivity contribution in [1.82, 2.24) is 4.90 Å². The zero-order valence-electron chi connectivity index (χ0n) is 13.7. The number of likely N-dealkylation sites (tertiary alicyclic amines) is 1. The van der Waals surface area contributed by atoms with Crippen LogP contribution in [-0.4, -0.2) is 37.0 Å². The number of hydrogen-bond donors (Lipinski definition) is 2. The maximum atomic E-state index is 12.2. The molecule has 0 spiro atoms. The minimum absolute atomic E-state index is 0.0215. The first-order valence-corrected chi connectivity index (χ1v) is 8.73. The zero-order chi connectivity index (χ0) is 16.2. The van der Waals surface area contributed by atoms with E-state index in [-0.39, 0.29) is 5.91 Å². The van der Waals surface area contributed by atoms with E-state index in [0.717, 1.165) is 28.9 Å². The normalized spacial score (nSPS) is 15.8. The molecule has 0 unspecified atom stereocenters. The molecule has 1 fully saturated rings. The monoisotopic (exact) mass is 367 g/mol. The molecule has 22 heavy (non-hydrogen) atoms. The van der Waals surface area contributed by atoms with Gasteiger partial charge in [0.25, 0.3) is 0 Å². The largest absolute Gasteiger partial charge is 0.382 e. The molecule has 1 saturated heterocycles. The van der Waals surface area contributed by atoms with Gasteiger partial charge in [0.15, 0.2) is 0 Å². The summed E-state index contributed by atoms with van der Waals surface area (Å²) >= 11 is 3.47. The van der Waals surface area contributed by atoms with Crippen LogP contribution in [-0.2, 0) is 4.79 Å². The molecule has 0 aromatic heterocycles. The maximum Gasteiger partial charge on any atom is 0.229 e. The van der Waals surface area contributed by atoms with E-state index in [1.807, 2.05) is 39.0 Å². The van der Waals surface area contributed by atoms with Crippen LogP contribution in [0.2, 0.25) is 0 Å². The highest BCUT2D eigenvalue weighted by molar-refractivity contribution is 9.10. The van der Waals surface area contributed by atoms with Gasteiger partial charge in [0.2, 0.25) is 5.91 Å². The van der Waals surface area contributed by atoms with Crippen molar-refractivity contribution in [2.75, 3.05) is 36.8 Å². The van der Waals surface area contributed by atoms with Gasteiger partial charge in [0.05, 0.1) is 11.4 Å². The first-order valence-electron chi connectivity index (χ1n) is 7.93. The van der Waals surface area contributed by atoms with Crippen LogP contribution in [0, 0.1) is 5.41 Å². The number of anilines is 2. The van der Waals surface area contributed by atoms with Gasteiger partial charge in [-0.15, -0.1) is 0 Å². The van der Waals surface area contributed by atoms with Crippen molar-refractivity contribution in [2.24, 2.45) is 5.41 Å². The number of benzene rings is 1. The van der Waals surface area contributed by atoms with E-state index in [0.29, 0.717) is 0 Å². The molecule has 1 aromatic carbocycles. The first-order chi connectivity index (χ1) is 10.4. The number of nitrogens with zero attached hydrogens (tertiary/aromatic N) is 1. The first kappa shape index (κ1) is 17.3. The number of nitrogens with one attached hydrogen (secondary N) is 2. The van der Waals surface area contributed by atoms with Crippen molar-refractivity contribution < 1.29 is 4.79 Å². The van der Waals surface area contributed by atoms with Crippen LogP contribution in [0.5, 0.6) is 0 Å². The molecular weight excluding hydrogens is 342 g/mol. The highest BCUT2D eigenvalue weighted by Crippen LogP contribution is 2.28. The maximum absolute atomic E-state index is 12.2. The summed E-state index contributed by atoms with van der Waals surface area (Å²) in [6.07, 6.45) is 2.62. The minimum Gasteiger partial charge on any atom is -0.382 e. The predicted molar refractivity (Wildman–Crippen MR) is 96.4 cm³/mol. The summed E-state index contributed by atoms with van der Waals surface area (Å²) in [5.74, 6) is 0.0215. The summed E-state index contributed by atoms with van der Waals surface area (Å²) in [6.45, 7) is 10.1. The third kappa shape index (κ3) is 4.99. The van der Waals surface area contributed by atoms with Crippen LogP contribution in [0.25, 0.3) is 0 Å². The van der Waals surface area contributed by atoms with Gasteiger partial charge in [0.1, 0.15) is 0 Å². The molecule has 1 aliphatic heterocycles. The van der Waals surface area contributed by atoms with Crippen molar-refractivity contribution in [3.05, 3.63) is 22.7 Å². The van der Waals surface area contributed by atoms with Gasteiger partial charge in [-0.3, -0.25) is 4.79 Å². The molecule has 0 aliphatic carbocycles. The molecular formula is C17H26BrN3O. The molecule has 4 nitrogen and oxygen atoms in total. The van der Waals surface area contributed by atoms with Crippen LogP contribution >= 0.6 is 15.9 Å². The second-order valence-corrected chi connectivity index (χ2v) is 7.79. The van der Waals surface area contributed by atoms with Crippen molar-refractivity contribution in [3.8, 4) is 0 Å². The predicted octanol–water partition coefficient (Wildman–Crippen LogP) is 3.94. The summed E-state index contributed by atoms with van der Waals surface area (Å²) in [6, 6.07) is 5.94. The van der Waals surface area contributed by atoms with E-state index in [4.69, 9.17) is 0 Å². The van der Waals surface area contributed by atoms with Crippen LogP contribution in [0.15, 0.2) is 22.7 Å². The SMILES string of the molecule is CC(C)(C)C(=O)Nc1cc(Br)ccc1NCCN1CCCC1. The van der Waals surface area contributed by atoms with E-state index in [2.05, 4.69) is 31.5 Å². The smallest absolute Gasteiger partial charge is 0.229 e. The molecule has 0 saturated carbocycles. The topological polar surface area (TPSA) is 44.4 Å². The highest BCUT2D eigenvalue weighted by Gasteiger charge is 2.22. The number of rotatable bonds is 5. The number of carbonyl (C=O) groups is 1. The Hall–Kier alpha value is -1.07. The Bertz CT molecular complexity index is 519. The van der Waals surface area contributed by atoms with Crippen LogP contribution in [0.4, 0.5) is 11.4 Å². The van der Waals surface area contributed by atoms with Gasteiger partial charge in [0, 0.05) is 23.0 Å². The lowest BCUT2D eigenvalue weighted by atomic mass is 9.95. The van der Waals surface area contributed by atoms with Gasteiger partial charge in [-0.1, -0.05) is 36.7 Å². The Balaban J connectivity index is 1.98. The molecule has 0 bridgehead atoms. The third-order valence-corrected chi connectivity index (χ3v) is 4.35. The Morgan fingerprint density at radius 2 is 1.91 bits per heavy atom. The highest BCUT2D eigenvalue weighted by atomic mass is 79.9. The third-order valence-electron chi connectivity index (χ3n) is 3.85. The summed E-state index contributed by atoms with van der Waals surface area (Å²) < 4.78 is 0.960. The molecule has 0 radical (unpaired) electrons. The average Bonchev–Trinajstić information content (AvgIpc) is 2.93. The summed E-state index contributed by atoms with van der Waals surface area (Å²) in [5, 5.41) is 6.47. The van der Waals surface area contributed by atoms with Crippen LogP contribution in [0.1, 0.15) is 33.6 Å². The van der Waals surface area contributed by atoms with Gasteiger partial charge in [-0.05, 0) is 44.1 Å². The van der Waals surface area contributed by atoms with E-state index < -0.39 is 5.41 Å². The summed E-state index contributed by atoms with van der Waals surface area (Å²) in [7, 11) is 0. The Morgan fingerprint density at radius 3 is 2.55 bits per heavy atom. The second kappa shape index (κ2) is 7.47.